The molecule has 0 saturated heterocycles. The molecule has 72 valence electrons. The summed E-state index contributed by atoms with van der Waals surface area (Å²) in [6, 6.07) is 0. The zero-order valence-corrected chi connectivity index (χ0v) is 7.78. The highest BCUT2D eigenvalue weighted by Crippen LogP contribution is 2.20. The topological polar surface area (TPSA) is 91.8 Å². The van der Waals surface area contributed by atoms with Gasteiger partial charge in [-0.3, -0.25) is 4.79 Å². The number of rotatable bonds is 3. The monoisotopic (exact) mass is 210 g/mol. The Kier molecular flexibility index (Phi) is 2.23. The van der Waals surface area contributed by atoms with E-state index in [1.165, 1.54) is 11.3 Å². The number of aromatic amines is 1. The SMILES string of the molecule is O=C(O)Cc1csc(-c2cn[nH]n2)n1. The summed E-state index contributed by atoms with van der Waals surface area (Å²) in [4.78, 5) is 14.5. The fraction of sp³-hybridized carbons (Fsp3) is 0.143. The lowest BCUT2D eigenvalue weighted by molar-refractivity contribution is -0.136. The van der Waals surface area contributed by atoms with Crippen molar-refractivity contribution in [1.29, 1.82) is 0 Å². The lowest BCUT2D eigenvalue weighted by Gasteiger charge is -1.87. The van der Waals surface area contributed by atoms with Crippen molar-refractivity contribution in [3.63, 3.8) is 0 Å². The van der Waals surface area contributed by atoms with Crippen LogP contribution in [-0.2, 0) is 11.2 Å². The zero-order valence-electron chi connectivity index (χ0n) is 6.97. The van der Waals surface area contributed by atoms with Gasteiger partial charge in [0.2, 0.25) is 0 Å². The second-order valence-electron chi connectivity index (χ2n) is 2.57. The molecule has 6 nitrogen and oxygen atoms in total. The van der Waals surface area contributed by atoms with Crippen LogP contribution in [0.5, 0.6) is 0 Å². The Bertz CT molecular complexity index is 436. The average Bonchev–Trinajstić information content (AvgIpc) is 2.69. The highest BCUT2D eigenvalue weighted by Gasteiger charge is 2.09. The summed E-state index contributed by atoms with van der Waals surface area (Å²) in [7, 11) is 0. The molecule has 0 amide bonds. The second kappa shape index (κ2) is 3.54. The highest BCUT2D eigenvalue weighted by molar-refractivity contribution is 7.13. The van der Waals surface area contributed by atoms with Crippen molar-refractivity contribution in [1.82, 2.24) is 20.4 Å². The van der Waals surface area contributed by atoms with Crippen molar-refractivity contribution in [3.8, 4) is 10.7 Å². The number of carboxylic acid groups (broad SMARTS) is 1. The number of nitrogens with zero attached hydrogens (tertiary/aromatic N) is 3. The Morgan fingerprint density at radius 3 is 3.14 bits per heavy atom. The first-order chi connectivity index (χ1) is 6.75. The molecule has 2 aromatic heterocycles. The molecule has 2 N–H and O–H groups in total. The van der Waals surface area contributed by atoms with Crippen LogP contribution in [0.2, 0.25) is 0 Å². The summed E-state index contributed by atoms with van der Waals surface area (Å²) >= 11 is 1.35. The van der Waals surface area contributed by atoms with Crippen molar-refractivity contribution in [2.24, 2.45) is 0 Å². The van der Waals surface area contributed by atoms with Crippen molar-refractivity contribution in [3.05, 3.63) is 17.3 Å². The number of aromatic nitrogens is 4. The molecule has 0 radical (unpaired) electrons. The molecule has 2 heterocycles. The molecular formula is C7H6N4O2S. The van der Waals surface area contributed by atoms with Gasteiger partial charge in [-0.15, -0.1) is 11.3 Å². The lowest BCUT2D eigenvalue weighted by Crippen LogP contribution is -1.99. The highest BCUT2D eigenvalue weighted by atomic mass is 32.1. The van der Waals surface area contributed by atoms with E-state index in [0.29, 0.717) is 16.4 Å². The Morgan fingerprint density at radius 1 is 1.64 bits per heavy atom. The summed E-state index contributed by atoms with van der Waals surface area (Å²) in [5, 5.41) is 20.9. The van der Waals surface area contributed by atoms with Crippen LogP contribution in [0.15, 0.2) is 11.6 Å². The molecular weight excluding hydrogens is 204 g/mol. The number of carboxylic acids is 1. The first kappa shape index (κ1) is 8.82. The minimum atomic E-state index is -0.887. The Balaban J connectivity index is 2.22. The van der Waals surface area contributed by atoms with E-state index in [4.69, 9.17) is 5.11 Å². The van der Waals surface area contributed by atoms with Gasteiger partial charge in [0.05, 0.1) is 18.3 Å². The van der Waals surface area contributed by atoms with Gasteiger partial charge in [0.15, 0.2) is 0 Å². The maximum atomic E-state index is 10.4. The van der Waals surface area contributed by atoms with Gasteiger partial charge in [0, 0.05) is 5.38 Å². The van der Waals surface area contributed by atoms with Crippen molar-refractivity contribution < 1.29 is 9.90 Å². The van der Waals surface area contributed by atoms with Crippen LogP contribution in [0.25, 0.3) is 10.7 Å². The molecule has 0 fully saturated rings. The van der Waals surface area contributed by atoms with Gasteiger partial charge in [-0.2, -0.15) is 15.4 Å². The second-order valence-corrected chi connectivity index (χ2v) is 3.43. The molecule has 0 aliphatic heterocycles. The minimum absolute atomic E-state index is 0.0612. The van der Waals surface area contributed by atoms with Gasteiger partial charge < -0.3 is 5.11 Å². The molecule has 0 aliphatic rings. The number of aliphatic carboxylic acids is 1. The molecule has 2 rings (SSSR count). The summed E-state index contributed by atoms with van der Waals surface area (Å²) in [5.74, 6) is -0.887. The van der Waals surface area contributed by atoms with Gasteiger partial charge in [-0.25, -0.2) is 4.98 Å². The molecule has 7 heteroatoms. The molecule has 0 aromatic carbocycles. The normalized spacial score (nSPS) is 10.3. The number of hydrogen-bond acceptors (Lipinski definition) is 5. The Hall–Kier alpha value is -1.76. The Morgan fingerprint density at radius 2 is 2.50 bits per heavy atom. The first-order valence-electron chi connectivity index (χ1n) is 3.78. The first-order valence-corrected chi connectivity index (χ1v) is 4.66. The van der Waals surface area contributed by atoms with Crippen LogP contribution < -0.4 is 0 Å². The summed E-state index contributed by atoms with van der Waals surface area (Å²) in [6.07, 6.45) is 1.48. The van der Waals surface area contributed by atoms with Crippen LogP contribution in [-0.4, -0.2) is 31.5 Å². The zero-order chi connectivity index (χ0) is 9.97. The molecule has 0 aliphatic carbocycles. The Labute approximate surface area is 82.6 Å². The molecule has 0 atom stereocenters. The maximum absolute atomic E-state index is 10.4. The van der Waals surface area contributed by atoms with Crippen molar-refractivity contribution in [2.45, 2.75) is 6.42 Å². The van der Waals surface area contributed by atoms with Crippen LogP contribution in [0.4, 0.5) is 0 Å². The molecule has 0 saturated carbocycles. The van der Waals surface area contributed by atoms with E-state index >= 15 is 0 Å². The largest absolute Gasteiger partial charge is 0.481 e. The third-order valence-corrected chi connectivity index (χ3v) is 2.43. The van der Waals surface area contributed by atoms with Gasteiger partial charge in [-0.1, -0.05) is 0 Å². The van der Waals surface area contributed by atoms with Crippen molar-refractivity contribution in [2.75, 3.05) is 0 Å². The predicted octanol–water partition coefficient (Wildman–Crippen LogP) is 0.555. The van der Waals surface area contributed by atoms with Gasteiger partial charge >= 0.3 is 5.97 Å². The van der Waals surface area contributed by atoms with E-state index in [1.807, 2.05) is 0 Å². The number of nitrogens with one attached hydrogen (secondary N) is 1. The van der Waals surface area contributed by atoms with E-state index in [0.717, 1.165) is 0 Å². The van der Waals surface area contributed by atoms with E-state index in [9.17, 15) is 4.79 Å². The molecule has 0 unspecified atom stereocenters. The molecule has 14 heavy (non-hydrogen) atoms. The van der Waals surface area contributed by atoms with E-state index in [1.54, 1.807) is 11.6 Å². The van der Waals surface area contributed by atoms with Crippen LogP contribution in [0.3, 0.4) is 0 Å². The maximum Gasteiger partial charge on any atom is 0.309 e. The number of thiazole rings is 1. The summed E-state index contributed by atoms with van der Waals surface area (Å²) < 4.78 is 0. The molecule has 0 spiro atoms. The fourth-order valence-corrected chi connectivity index (χ4v) is 1.74. The minimum Gasteiger partial charge on any atom is -0.481 e. The fourth-order valence-electron chi connectivity index (χ4n) is 0.965. The standard InChI is InChI=1S/C7H6N4O2S/c12-6(13)1-4-3-14-7(9-4)5-2-8-11-10-5/h2-3H,1H2,(H,12,13)(H,8,10,11). The number of hydrogen-bond donors (Lipinski definition) is 2. The smallest absolute Gasteiger partial charge is 0.309 e. The average molecular weight is 210 g/mol. The molecule has 2 aromatic rings. The van der Waals surface area contributed by atoms with Crippen LogP contribution in [0.1, 0.15) is 5.69 Å². The van der Waals surface area contributed by atoms with Gasteiger partial charge in [0.25, 0.3) is 0 Å². The molecule has 0 bridgehead atoms. The van der Waals surface area contributed by atoms with Gasteiger partial charge in [-0.05, 0) is 0 Å². The lowest BCUT2D eigenvalue weighted by atomic mass is 10.3. The predicted molar refractivity (Wildman–Crippen MR) is 48.8 cm³/mol. The quantitative estimate of drug-likeness (QED) is 0.772. The summed E-state index contributed by atoms with van der Waals surface area (Å²) in [5.41, 5.74) is 1.17. The summed E-state index contributed by atoms with van der Waals surface area (Å²) in [6.45, 7) is 0. The van der Waals surface area contributed by atoms with Crippen molar-refractivity contribution >= 4 is 17.3 Å². The van der Waals surface area contributed by atoms with Gasteiger partial charge in [0.1, 0.15) is 10.7 Å². The third kappa shape index (κ3) is 1.77. The van der Waals surface area contributed by atoms with Crippen LogP contribution >= 0.6 is 11.3 Å². The van der Waals surface area contributed by atoms with E-state index < -0.39 is 5.97 Å². The van der Waals surface area contributed by atoms with E-state index in [2.05, 4.69) is 20.4 Å². The van der Waals surface area contributed by atoms with Crippen LogP contribution in [0, 0.1) is 0 Å². The number of H-pyrrole nitrogens is 1. The van der Waals surface area contributed by atoms with E-state index in [-0.39, 0.29) is 6.42 Å². The number of carbonyl (C=O) groups is 1. The third-order valence-electron chi connectivity index (χ3n) is 1.52.